The number of anilines is 2. The van der Waals surface area contributed by atoms with E-state index in [1.165, 1.54) is 10.8 Å². The van der Waals surface area contributed by atoms with Gasteiger partial charge in [-0.15, -0.1) is 10.2 Å². The molecule has 3 heterocycles. The number of rotatable bonds is 4. The van der Waals surface area contributed by atoms with E-state index in [2.05, 4.69) is 57.7 Å². The Morgan fingerprint density at radius 3 is 1.38 bits per heavy atom. The number of nitrogens with zero attached hydrogens (tertiary/aromatic N) is 6. The summed E-state index contributed by atoms with van der Waals surface area (Å²) in [7, 11) is 0. The van der Waals surface area contributed by atoms with Crippen LogP contribution in [0.1, 0.15) is 13.8 Å². The summed E-state index contributed by atoms with van der Waals surface area (Å²) in [4.78, 5) is 9.79. The molecule has 0 amide bonds. The molecule has 2 aliphatic rings. The molecule has 1 aromatic heterocycles. The van der Waals surface area contributed by atoms with Gasteiger partial charge in [0.25, 0.3) is 0 Å². The van der Waals surface area contributed by atoms with Gasteiger partial charge in [-0.1, -0.05) is 38.1 Å². The Labute approximate surface area is 156 Å². The molecule has 0 atom stereocenters. The number of hydrogen-bond acceptors (Lipinski definition) is 6. The molecule has 26 heavy (non-hydrogen) atoms. The molecule has 140 valence electrons. The second kappa shape index (κ2) is 7.76. The van der Waals surface area contributed by atoms with Crippen molar-refractivity contribution >= 4 is 22.4 Å². The number of benzene rings is 1. The zero-order chi connectivity index (χ0) is 17.9. The maximum absolute atomic E-state index is 4.70. The van der Waals surface area contributed by atoms with E-state index >= 15 is 0 Å². The Morgan fingerprint density at radius 2 is 1.04 bits per heavy atom. The van der Waals surface area contributed by atoms with Crippen LogP contribution < -0.4 is 9.80 Å². The van der Waals surface area contributed by atoms with Crippen LogP contribution in [0, 0.1) is 0 Å². The highest BCUT2D eigenvalue weighted by Crippen LogP contribution is 2.31. The van der Waals surface area contributed by atoms with E-state index < -0.39 is 0 Å². The van der Waals surface area contributed by atoms with Gasteiger partial charge in [-0.05, 0) is 13.1 Å². The largest absolute Gasteiger partial charge is 0.352 e. The van der Waals surface area contributed by atoms with Gasteiger partial charge in [-0.3, -0.25) is 0 Å². The Morgan fingerprint density at radius 1 is 0.654 bits per heavy atom. The summed E-state index contributed by atoms with van der Waals surface area (Å²) in [5.74, 6) is 2.10. The van der Waals surface area contributed by atoms with Crippen molar-refractivity contribution in [1.82, 2.24) is 20.0 Å². The van der Waals surface area contributed by atoms with Crippen molar-refractivity contribution in [2.45, 2.75) is 13.8 Å². The molecule has 4 rings (SSSR count). The Bertz CT molecular complexity index is 670. The number of hydrogen-bond donors (Lipinski definition) is 0. The Hall–Kier alpha value is -1.92. The van der Waals surface area contributed by atoms with Crippen molar-refractivity contribution in [3.8, 4) is 0 Å². The SMILES string of the molecule is CCN1CCN(c2nnc(N3CCN(CC)CC3)c3ccccc23)CC1. The van der Waals surface area contributed by atoms with Gasteiger partial charge in [0.05, 0.1) is 0 Å². The molecule has 0 N–H and O–H groups in total. The minimum Gasteiger partial charge on any atom is -0.352 e. The highest BCUT2D eigenvalue weighted by Gasteiger charge is 2.23. The van der Waals surface area contributed by atoms with Crippen LogP contribution in [-0.4, -0.2) is 85.4 Å². The topological polar surface area (TPSA) is 38.7 Å². The molecule has 2 aromatic rings. The molecule has 2 fully saturated rings. The summed E-state index contributed by atoms with van der Waals surface area (Å²) in [5, 5.41) is 11.9. The van der Waals surface area contributed by atoms with Crippen molar-refractivity contribution in [2.75, 3.05) is 75.2 Å². The molecular weight excluding hydrogens is 324 g/mol. The summed E-state index contributed by atoms with van der Waals surface area (Å²) in [6.45, 7) is 15.3. The van der Waals surface area contributed by atoms with E-state index in [1.807, 2.05) is 0 Å². The fourth-order valence-electron chi connectivity index (χ4n) is 4.09. The van der Waals surface area contributed by atoms with E-state index in [1.54, 1.807) is 0 Å². The van der Waals surface area contributed by atoms with E-state index in [4.69, 9.17) is 10.2 Å². The van der Waals surface area contributed by atoms with Crippen LogP contribution in [0.3, 0.4) is 0 Å². The van der Waals surface area contributed by atoms with E-state index in [0.29, 0.717) is 0 Å². The Kier molecular flexibility index (Phi) is 5.22. The average molecular weight is 355 g/mol. The minimum atomic E-state index is 1.03. The third kappa shape index (κ3) is 3.35. The lowest BCUT2D eigenvalue weighted by Crippen LogP contribution is -2.47. The van der Waals surface area contributed by atoms with Crippen LogP contribution in [0.2, 0.25) is 0 Å². The van der Waals surface area contributed by atoms with Gasteiger partial charge in [-0.2, -0.15) is 0 Å². The molecular formula is C20H30N6. The lowest BCUT2D eigenvalue weighted by atomic mass is 10.1. The first-order valence-electron chi connectivity index (χ1n) is 10.00. The monoisotopic (exact) mass is 354 g/mol. The fourth-order valence-corrected chi connectivity index (χ4v) is 4.09. The van der Waals surface area contributed by atoms with Crippen LogP contribution in [0.5, 0.6) is 0 Å². The van der Waals surface area contributed by atoms with Gasteiger partial charge in [0, 0.05) is 63.1 Å². The second-order valence-corrected chi connectivity index (χ2v) is 7.24. The molecule has 6 nitrogen and oxygen atoms in total. The molecule has 2 aliphatic heterocycles. The normalized spacial score (nSPS) is 20.1. The van der Waals surface area contributed by atoms with Crippen molar-refractivity contribution in [3.63, 3.8) is 0 Å². The van der Waals surface area contributed by atoms with Crippen LogP contribution in [0.15, 0.2) is 24.3 Å². The van der Waals surface area contributed by atoms with Crippen molar-refractivity contribution in [1.29, 1.82) is 0 Å². The zero-order valence-corrected chi connectivity index (χ0v) is 16.1. The lowest BCUT2D eigenvalue weighted by Gasteiger charge is -2.36. The van der Waals surface area contributed by atoms with Crippen LogP contribution in [-0.2, 0) is 0 Å². The molecule has 0 saturated carbocycles. The second-order valence-electron chi connectivity index (χ2n) is 7.24. The highest BCUT2D eigenvalue weighted by atomic mass is 15.4. The van der Waals surface area contributed by atoms with Crippen LogP contribution in [0.25, 0.3) is 10.8 Å². The predicted octanol–water partition coefficient (Wildman–Crippen LogP) is 1.91. The van der Waals surface area contributed by atoms with Crippen molar-refractivity contribution in [3.05, 3.63) is 24.3 Å². The molecule has 0 radical (unpaired) electrons. The maximum atomic E-state index is 4.70. The van der Waals surface area contributed by atoms with Crippen molar-refractivity contribution < 1.29 is 0 Å². The van der Waals surface area contributed by atoms with Gasteiger partial charge >= 0.3 is 0 Å². The highest BCUT2D eigenvalue weighted by molar-refractivity contribution is 5.99. The summed E-state index contributed by atoms with van der Waals surface area (Å²) in [6, 6.07) is 8.65. The van der Waals surface area contributed by atoms with E-state index in [-0.39, 0.29) is 0 Å². The molecule has 6 heteroatoms. The first-order valence-corrected chi connectivity index (χ1v) is 10.00. The third-order valence-electron chi connectivity index (χ3n) is 5.89. The van der Waals surface area contributed by atoms with Crippen molar-refractivity contribution in [2.24, 2.45) is 0 Å². The zero-order valence-electron chi connectivity index (χ0n) is 16.1. The van der Waals surface area contributed by atoms with E-state index in [9.17, 15) is 0 Å². The van der Waals surface area contributed by atoms with Gasteiger partial charge < -0.3 is 19.6 Å². The van der Waals surface area contributed by atoms with Gasteiger partial charge in [-0.25, -0.2) is 0 Å². The predicted molar refractivity (Wildman–Crippen MR) is 108 cm³/mol. The molecule has 2 saturated heterocycles. The minimum absolute atomic E-state index is 1.03. The van der Waals surface area contributed by atoms with Crippen LogP contribution >= 0.6 is 0 Å². The Balaban J connectivity index is 1.62. The molecule has 0 unspecified atom stereocenters. The number of fused-ring (bicyclic) bond motifs is 1. The van der Waals surface area contributed by atoms with E-state index in [0.717, 1.165) is 77.1 Å². The third-order valence-corrected chi connectivity index (χ3v) is 5.89. The lowest BCUT2D eigenvalue weighted by molar-refractivity contribution is 0.269. The average Bonchev–Trinajstić information content (AvgIpc) is 2.73. The molecule has 0 aliphatic carbocycles. The number of aromatic nitrogens is 2. The molecule has 0 spiro atoms. The van der Waals surface area contributed by atoms with Gasteiger partial charge in [0.1, 0.15) is 0 Å². The summed E-state index contributed by atoms with van der Waals surface area (Å²) in [5.41, 5.74) is 0. The molecule has 0 bridgehead atoms. The van der Waals surface area contributed by atoms with Gasteiger partial charge in [0.2, 0.25) is 0 Å². The quantitative estimate of drug-likeness (QED) is 0.835. The number of piperazine rings is 2. The smallest absolute Gasteiger partial charge is 0.159 e. The summed E-state index contributed by atoms with van der Waals surface area (Å²) >= 11 is 0. The summed E-state index contributed by atoms with van der Waals surface area (Å²) in [6.07, 6.45) is 0. The summed E-state index contributed by atoms with van der Waals surface area (Å²) < 4.78 is 0. The van der Waals surface area contributed by atoms with Crippen LogP contribution in [0.4, 0.5) is 11.6 Å². The standard InChI is InChI=1S/C20H30N6/c1-3-23-9-13-25(14-10-23)19-17-7-5-6-8-18(17)20(22-21-19)26-15-11-24(4-2)12-16-26/h5-8H,3-4,9-16H2,1-2H3. The number of likely N-dealkylation sites (N-methyl/N-ethyl adjacent to an activating group) is 2. The van der Waals surface area contributed by atoms with Gasteiger partial charge in [0.15, 0.2) is 11.6 Å². The maximum Gasteiger partial charge on any atom is 0.159 e. The molecule has 1 aromatic carbocycles. The first kappa shape index (κ1) is 17.5. The first-order chi connectivity index (χ1) is 12.8. The fraction of sp³-hybridized carbons (Fsp3) is 0.600.